The van der Waals surface area contributed by atoms with Crippen molar-refractivity contribution in [2.45, 2.75) is 37.6 Å². The van der Waals surface area contributed by atoms with Crippen LogP contribution in [0.15, 0.2) is 54.7 Å². The first-order valence-electron chi connectivity index (χ1n) is 10.9. The van der Waals surface area contributed by atoms with Crippen LogP contribution in [0, 0.1) is 0 Å². The highest BCUT2D eigenvalue weighted by molar-refractivity contribution is 5.78. The number of methoxy groups -OCH3 is 1. The lowest BCUT2D eigenvalue weighted by molar-refractivity contribution is -0.132. The number of H-pyrrole nitrogens is 1. The largest absolute Gasteiger partial charge is 0.497 e. The number of hydrogen-bond donors (Lipinski definition) is 1. The first-order valence-corrected chi connectivity index (χ1v) is 10.9. The third-order valence-corrected chi connectivity index (χ3v) is 6.37. The summed E-state index contributed by atoms with van der Waals surface area (Å²) in [5.41, 5.74) is 3.11. The van der Waals surface area contributed by atoms with E-state index < -0.39 is 0 Å². The molecule has 1 aromatic heterocycles. The molecule has 2 unspecified atom stereocenters. The maximum atomic E-state index is 13.3. The molecule has 160 valence electrons. The number of likely N-dealkylation sites (tertiary alicyclic amines) is 1. The van der Waals surface area contributed by atoms with Gasteiger partial charge in [-0.3, -0.25) is 4.79 Å². The minimum atomic E-state index is 0.00180. The van der Waals surface area contributed by atoms with E-state index in [9.17, 15) is 4.79 Å². The Hall–Kier alpha value is -3.28. The Morgan fingerprint density at radius 3 is 3.03 bits per heavy atom. The Balaban J connectivity index is 1.32. The number of benzene rings is 2. The molecule has 0 bridgehead atoms. The van der Waals surface area contributed by atoms with Crippen LogP contribution in [-0.2, 0) is 4.79 Å². The van der Waals surface area contributed by atoms with E-state index in [-0.39, 0.29) is 17.9 Å². The maximum absolute atomic E-state index is 13.3. The summed E-state index contributed by atoms with van der Waals surface area (Å²) in [7, 11) is 1.66. The molecule has 6 heteroatoms. The van der Waals surface area contributed by atoms with Crippen LogP contribution in [0.1, 0.15) is 49.0 Å². The molecule has 0 radical (unpaired) electrons. The summed E-state index contributed by atoms with van der Waals surface area (Å²) in [6.45, 7) is 1.45. The normalized spacial score (nSPS) is 20.2. The number of rotatable bonds is 5. The number of nitrogens with zero attached hydrogens (tertiary/aromatic N) is 2. The molecule has 2 aliphatic heterocycles. The second kappa shape index (κ2) is 8.46. The van der Waals surface area contributed by atoms with Gasteiger partial charge >= 0.3 is 0 Å². The summed E-state index contributed by atoms with van der Waals surface area (Å²) in [5, 5.41) is 0. The Labute approximate surface area is 182 Å². The van der Waals surface area contributed by atoms with E-state index in [1.165, 1.54) is 0 Å². The van der Waals surface area contributed by atoms with E-state index in [0.717, 1.165) is 60.0 Å². The number of aromatic amines is 1. The second-order valence-corrected chi connectivity index (χ2v) is 8.24. The first kappa shape index (κ1) is 19.7. The van der Waals surface area contributed by atoms with Crippen LogP contribution in [0.3, 0.4) is 0 Å². The molecule has 2 atom stereocenters. The summed E-state index contributed by atoms with van der Waals surface area (Å²) in [6, 6.07) is 16.0. The van der Waals surface area contributed by atoms with Crippen molar-refractivity contribution >= 4 is 5.91 Å². The van der Waals surface area contributed by atoms with Gasteiger partial charge in [0, 0.05) is 18.5 Å². The van der Waals surface area contributed by atoms with Crippen molar-refractivity contribution in [2.75, 3.05) is 20.3 Å². The molecular weight excluding hydrogens is 390 g/mol. The van der Waals surface area contributed by atoms with Gasteiger partial charge in [-0.1, -0.05) is 30.3 Å². The highest BCUT2D eigenvalue weighted by Gasteiger charge is 2.34. The summed E-state index contributed by atoms with van der Waals surface area (Å²) < 4.78 is 11.1. The van der Waals surface area contributed by atoms with E-state index in [1.54, 1.807) is 7.11 Å². The van der Waals surface area contributed by atoms with Gasteiger partial charge in [-0.2, -0.15) is 0 Å². The average Bonchev–Trinajstić information content (AvgIpc) is 3.49. The molecule has 2 aliphatic rings. The zero-order valence-electron chi connectivity index (χ0n) is 17.7. The van der Waals surface area contributed by atoms with Gasteiger partial charge in [-0.05, 0) is 48.9 Å². The fourth-order valence-electron chi connectivity index (χ4n) is 4.75. The lowest BCUT2D eigenvalue weighted by Crippen LogP contribution is -2.32. The fourth-order valence-corrected chi connectivity index (χ4v) is 4.75. The third-order valence-electron chi connectivity index (χ3n) is 6.37. The van der Waals surface area contributed by atoms with Crippen molar-refractivity contribution in [3.8, 4) is 22.8 Å². The molecule has 0 aliphatic carbocycles. The monoisotopic (exact) mass is 417 g/mol. The van der Waals surface area contributed by atoms with Crippen LogP contribution in [0.4, 0.5) is 0 Å². The molecule has 31 heavy (non-hydrogen) atoms. The Morgan fingerprint density at radius 1 is 1.23 bits per heavy atom. The van der Waals surface area contributed by atoms with Gasteiger partial charge in [-0.25, -0.2) is 4.98 Å². The third kappa shape index (κ3) is 3.90. The number of carbonyl (C=O) groups excluding carboxylic acids is 1. The van der Waals surface area contributed by atoms with Gasteiger partial charge in [0.05, 0.1) is 31.6 Å². The Kier molecular flexibility index (Phi) is 5.37. The predicted molar refractivity (Wildman–Crippen MR) is 118 cm³/mol. The molecule has 3 aromatic rings. The Bertz CT molecular complexity index is 1080. The number of fused-ring (bicyclic) bond motifs is 1. The highest BCUT2D eigenvalue weighted by atomic mass is 16.5. The van der Waals surface area contributed by atoms with Crippen LogP contribution in [0.25, 0.3) is 11.3 Å². The van der Waals surface area contributed by atoms with Gasteiger partial charge in [0.1, 0.15) is 17.3 Å². The number of imidazole rings is 1. The molecule has 1 fully saturated rings. The van der Waals surface area contributed by atoms with E-state index >= 15 is 0 Å². The lowest BCUT2D eigenvalue weighted by Gasteiger charge is -2.29. The number of ether oxygens (including phenoxy) is 2. The van der Waals surface area contributed by atoms with Gasteiger partial charge in [0.2, 0.25) is 5.91 Å². The topological polar surface area (TPSA) is 67.4 Å². The summed E-state index contributed by atoms with van der Waals surface area (Å²) >= 11 is 0. The average molecular weight is 418 g/mol. The smallest absolute Gasteiger partial charge is 0.223 e. The van der Waals surface area contributed by atoms with Crippen molar-refractivity contribution in [2.24, 2.45) is 0 Å². The van der Waals surface area contributed by atoms with Gasteiger partial charge in [0.15, 0.2) is 0 Å². The molecule has 2 aromatic carbocycles. The van der Waals surface area contributed by atoms with Crippen molar-refractivity contribution < 1.29 is 14.3 Å². The molecule has 1 N–H and O–H groups in total. The highest BCUT2D eigenvalue weighted by Crippen LogP contribution is 2.38. The summed E-state index contributed by atoms with van der Waals surface area (Å²) in [6.07, 6.45) is 5.17. The maximum Gasteiger partial charge on any atom is 0.223 e. The van der Waals surface area contributed by atoms with E-state index in [4.69, 9.17) is 9.47 Å². The van der Waals surface area contributed by atoms with Crippen LogP contribution < -0.4 is 9.47 Å². The molecule has 1 amide bonds. The van der Waals surface area contributed by atoms with Crippen LogP contribution in [0.2, 0.25) is 0 Å². The quantitative estimate of drug-likeness (QED) is 0.653. The Morgan fingerprint density at radius 2 is 2.13 bits per heavy atom. The molecule has 0 saturated carbocycles. The van der Waals surface area contributed by atoms with Gasteiger partial charge in [-0.15, -0.1) is 0 Å². The lowest BCUT2D eigenvalue weighted by atomic mass is 9.90. The van der Waals surface area contributed by atoms with Crippen LogP contribution in [0.5, 0.6) is 11.5 Å². The number of carbonyl (C=O) groups is 1. The number of para-hydroxylation sites is 1. The summed E-state index contributed by atoms with van der Waals surface area (Å²) in [5.74, 6) is 2.99. The van der Waals surface area contributed by atoms with Crippen molar-refractivity contribution in [1.82, 2.24) is 14.9 Å². The molecule has 3 heterocycles. The van der Waals surface area contributed by atoms with Gasteiger partial charge in [0.25, 0.3) is 0 Å². The van der Waals surface area contributed by atoms with Crippen LogP contribution in [-0.4, -0.2) is 41.0 Å². The first-order chi connectivity index (χ1) is 15.2. The molecule has 1 saturated heterocycles. The summed E-state index contributed by atoms with van der Waals surface area (Å²) in [4.78, 5) is 23.4. The van der Waals surface area contributed by atoms with Crippen LogP contribution >= 0.6 is 0 Å². The fraction of sp³-hybridized carbons (Fsp3) is 0.360. The number of aromatic nitrogens is 2. The molecule has 0 spiro atoms. The van der Waals surface area contributed by atoms with Crippen molar-refractivity contribution in [3.05, 3.63) is 66.1 Å². The minimum Gasteiger partial charge on any atom is -0.497 e. The predicted octanol–water partition coefficient (Wildman–Crippen LogP) is 4.71. The van der Waals surface area contributed by atoms with Gasteiger partial charge < -0.3 is 19.4 Å². The van der Waals surface area contributed by atoms with Crippen molar-refractivity contribution in [3.63, 3.8) is 0 Å². The molecule has 6 nitrogen and oxygen atoms in total. The van der Waals surface area contributed by atoms with E-state index in [2.05, 4.69) is 16.0 Å². The number of hydrogen-bond acceptors (Lipinski definition) is 4. The molecule has 5 rings (SSSR count). The minimum absolute atomic E-state index is 0.00180. The second-order valence-electron chi connectivity index (χ2n) is 8.24. The molecular formula is C25H27N3O3. The van der Waals surface area contributed by atoms with E-state index in [0.29, 0.717) is 13.0 Å². The van der Waals surface area contributed by atoms with E-state index in [1.807, 2.05) is 53.6 Å². The van der Waals surface area contributed by atoms with Crippen molar-refractivity contribution in [1.29, 1.82) is 0 Å². The SMILES string of the molecule is COc1cccc(-c2cnc(C3CCCN3C(=O)CC3CCOc4ccccc43)[nH]2)c1. The zero-order chi connectivity index (χ0) is 21.2. The number of amides is 1. The zero-order valence-corrected chi connectivity index (χ0v) is 17.7. The number of nitrogens with one attached hydrogen (secondary N) is 1. The standard InChI is InChI=1S/C25H27N3O3/c1-30-19-7-4-6-18(14-19)21-16-26-25(27-21)22-9-5-12-28(22)24(29)15-17-11-13-31-23-10-3-2-8-20(17)23/h2-4,6-8,10,14,16-17,22H,5,9,11-13,15H2,1H3,(H,26,27).